The molecule has 0 radical (unpaired) electrons. The normalized spacial score (nSPS) is 10.7. The van der Waals surface area contributed by atoms with Gasteiger partial charge in [-0.25, -0.2) is 0 Å². The van der Waals surface area contributed by atoms with Crippen LogP contribution in [-0.4, -0.2) is 44.9 Å². The maximum Gasteiger partial charge on any atom is 0.397 e. The van der Waals surface area contributed by atoms with Crippen LogP contribution in [0, 0.1) is 5.92 Å². The number of allylic oxidation sites excluding steroid dienone is 2. The zero-order chi connectivity index (χ0) is 14.4. The van der Waals surface area contributed by atoms with E-state index in [1.54, 1.807) is 0 Å². The van der Waals surface area contributed by atoms with E-state index >= 15 is 0 Å². The fraction of sp³-hybridized carbons (Fsp3) is 0.636. The second kappa shape index (κ2) is 12.7. The van der Waals surface area contributed by atoms with Crippen molar-refractivity contribution in [2.75, 3.05) is 26.8 Å². The Balaban J connectivity index is 0. The van der Waals surface area contributed by atoms with Crippen molar-refractivity contribution in [3.63, 3.8) is 0 Å². The zero-order valence-electron chi connectivity index (χ0n) is 10.7. The van der Waals surface area contributed by atoms with Crippen molar-refractivity contribution in [3.05, 3.63) is 25.3 Å². The maximum atomic E-state index is 9.33. The predicted molar refractivity (Wildman–Crippen MR) is 71.6 cm³/mol. The molecule has 0 atom stereocenters. The first-order valence-electron chi connectivity index (χ1n) is 5.47. The van der Waals surface area contributed by atoms with E-state index in [0.717, 1.165) is 26.5 Å². The van der Waals surface area contributed by atoms with Crippen molar-refractivity contribution < 1.29 is 22.3 Å². The topological polar surface area (TPSA) is 95.9 Å². The molecule has 0 rings (SSSR count). The minimum atomic E-state index is -4.16. The molecule has 0 aliphatic rings. The second-order valence-corrected chi connectivity index (χ2v) is 4.63. The van der Waals surface area contributed by atoms with Gasteiger partial charge in [0.1, 0.15) is 0 Å². The molecule has 6 nitrogen and oxygen atoms in total. The van der Waals surface area contributed by atoms with E-state index in [1.165, 1.54) is 0 Å². The summed E-state index contributed by atoms with van der Waals surface area (Å²) < 4.78 is 29.7. The quantitative estimate of drug-likeness (QED) is 0.328. The fourth-order valence-electron chi connectivity index (χ4n) is 1.12. The highest BCUT2D eigenvalue weighted by Crippen LogP contribution is 2.07. The summed E-state index contributed by atoms with van der Waals surface area (Å²) in [7, 11) is -3.29. The summed E-state index contributed by atoms with van der Waals surface area (Å²) in [5, 5.41) is 11.7. The van der Waals surface area contributed by atoms with E-state index in [2.05, 4.69) is 22.7 Å². The monoisotopic (exact) mass is 281 g/mol. The standard InChI is InChI=1S/C10H19NO.CH4O4S/c1-3-5-10(6-4-2)9-11-7-8-12;1-5-6(2,3)4/h3-4,10-12H,1-2,5-9H2;1H3,(H,2,3,4). The molecule has 108 valence electrons. The molecule has 0 unspecified atom stereocenters. The van der Waals surface area contributed by atoms with Crippen LogP contribution in [0.1, 0.15) is 12.8 Å². The molecule has 0 heterocycles. The molecule has 0 saturated heterocycles. The number of nitrogens with one attached hydrogen (secondary N) is 1. The Labute approximate surface area is 109 Å². The van der Waals surface area contributed by atoms with E-state index < -0.39 is 10.4 Å². The molecule has 0 bridgehead atoms. The molecular weight excluding hydrogens is 258 g/mol. The van der Waals surface area contributed by atoms with Gasteiger partial charge in [-0.2, -0.15) is 8.42 Å². The van der Waals surface area contributed by atoms with Crippen molar-refractivity contribution in [1.82, 2.24) is 5.32 Å². The number of aliphatic hydroxyl groups is 1. The Morgan fingerprint density at radius 2 is 1.78 bits per heavy atom. The summed E-state index contributed by atoms with van der Waals surface area (Å²) >= 11 is 0. The van der Waals surface area contributed by atoms with Gasteiger partial charge in [-0.1, -0.05) is 12.2 Å². The van der Waals surface area contributed by atoms with Crippen LogP contribution in [-0.2, 0) is 14.6 Å². The Hall–Kier alpha value is -0.730. The molecule has 3 N–H and O–H groups in total. The van der Waals surface area contributed by atoms with Crippen LogP contribution < -0.4 is 5.32 Å². The van der Waals surface area contributed by atoms with Gasteiger partial charge in [0.05, 0.1) is 13.7 Å². The van der Waals surface area contributed by atoms with Crippen LogP contribution in [0.5, 0.6) is 0 Å². The van der Waals surface area contributed by atoms with E-state index in [4.69, 9.17) is 9.66 Å². The number of aliphatic hydroxyl groups excluding tert-OH is 1. The summed E-state index contributed by atoms with van der Waals surface area (Å²) in [5.41, 5.74) is 0. The van der Waals surface area contributed by atoms with Crippen LogP contribution in [0.3, 0.4) is 0 Å². The van der Waals surface area contributed by atoms with Gasteiger partial charge in [0.2, 0.25) is 0 Å². The van der Waals surface area contributed by atoms with Gasteiger partial charge >= 0.3 is 10.4 Å². The fourth-order valence-corrected chi connectivity index (χ4v) is 1.12. The first-order chi connectivity index (χ1) is 8.41. The van der Waals surface area contributed by atoms with Gasteiger partial charge in [-0.05, 0) is 25.3 Å². The summed E-state index contributed by atoms with van der Waals surface area (Å²) in [4.78, 5) is 0. The molecule has 0 spiro atoms. The third-order valence-corrected chi connectivity index (χ3v) is 2.35. The van der Waals surface area contributed by atoms with E-state index in [1.807, 2.05) is 12.2 Å². The smallest absolute Gasteiger partial charge is 0.395 e. The van der Waals surface area contributed by atoms with Crippen LogP contribution in [0.2, 0.25) is 0 Å². The summed E-state index contributed by atoms with van der Waals surface area (Å²) in [6.45, 7) is 9.20. The van der Waals surface area contributed by atoms with Gasteiger partial charge in [-0.15, -0.1) is 13.2 Å². The molecule has 0 aromatic carbocycles. The third-order valence-electron chi connectivity index (χ3n) is 1.93. The second-order valence-electron chi connectivity index (χ2n) is 3.44. The van der Waals surface area contributed by atoms with Crippen molar-refractivity contribution in [2.24, 2.45) is 5.92 Å². The third kappa shape index (κ3) is 17.7. The van der Waals surface area contributed by atoms with E-state index in [-0.39, 0.29) is 6.61 Å². The van der Waals surface area contributed by atoms with Gasteiger partial charge in [-0.3, -0.25) is 8.74 Å². The highest BCUT2D eigenvalue weighted by molar-refractivity contribution is 7.80. The molecular formula is C11H23NO5S. The van der Waals surface area contributed by atoms with E-state index in [9.17, 15) is 8.42 Å². The van der Waals surface area contributed by atoms with Gasteiger partial charge < -0.3 is 10.4 Å². The first kappa shape index (κ1) is 19.6. The van der Waals surface area contributed by atoms with Gasteiger partial charge in [0, 0.05) is 6.54 Å². The lowest BCUT2D eigenvalue weighted by molar-refractivity contribution is 0.288. The van der Waals surface area contributed by atoms with Gasteiger partial charge in [0.25, 0.3) is 0 Å². The average molecular weight is 281 g/mol. The van der Waals surface area contributed by atoms with Crippen molar-refractivity contribution in [2.45, 2.75) is 12.8 Å². The van der Waals surface area contributed by atoms with E-state index in [0.29, 0.717) is 12.5 Å². The molecule has 0 aromatic rings. The van der Waals surface area contributed by atoms with Crippen molar-refractivity contribution >= 4 is 10.4 Å². The Morgan fingerprint density at radius 1 is 1.33 bits per heavy atom. The molecule has 0 saturated carbocycles. The summed E-state index contributed by atoms with van der Waals surface area (Å²) in [6, 6.07) is 0. The lowest BCUT2D eigenvalue weighted by Gasteiger charge is -2.12. The van der Waals surface area contributed by atoms with Crippen molar-refractivity contribution in [3.8, 4) is 0 Å². The van der Waals surface area contributed by atoms with Crippen LogP contribution in [0.4, 0.5) is 0 Å². The Bertz CT molecular complexity index is 293. The number of hydrogen-bond donors (Lipinski definition) is 3. The molecule has 0 aromatic heterocycles. The Morgan fingerprint density at radius 3 is 2.06 bits per heavy atom. The molecule has 0 fully saturated rings. The minimum absolute atomic E-state index is 0.203. The van der Waals surface area contributed by atoms with Gasteiger partial charge in [0.15, 0.2) is 0 Å². The van der Waals surface area contributed by atoms with Crippen LogP contribution in [0.15, 0.2) is 25.3 Å². The SMILES string of the molecule is C=CCC(CC=C)CNCCO.COS(=O)(=O)O. The molecule has 0 amide bonds. The molecule has 7 heteroatoms. The van der Waals surface area contributed by atoms with Crippen LogP contribution >= 0.6 is 0 Å². The number of hydrogen-bond acceptors (Lipinski definition) is 5. The minimum Gasteiger partial charge on any atom is -0.395 e. The van der Waals surface area contributed by atoms with Crippen LogP contribution in [0.25, 0.3) is 0 Å². The Kier molecular flexibility index (Phi) is 13.9. The van der Waals surface area contributed by atoms with Crippen molar-refractivity contribution in [1.29, 1.82) is 0 Å². The summed E-state index contributed by atoms with van der Waals surface area (Å²) in [6.07, 6.45) is 5.86. The lowest BCUT2D eigenvalue weighted by Crippen LogP contribution is -2.25. The number of rotatable bonds is 9. The highest BCUT2D eigenvalue weighted by atomic mass is 32.3. The lowest BCUT2D eigenvalue weighted by atomic mass is 10.0. The maximum absolute atomic E-state index is 9.33. The molecule has 0 aliphatic carbocycles. The largest absolute Gasteiger partial charge is 0.397 e. The molecule has 18 heavy (non-hydrogen) atoms. The summed E-state index contributed by atoms with van der Waals surface area (Å²) in [5.74, 6) is 0.576. The first-order valence-corrected chi connectivity index (χ1v) is 6.84. The molecule has 0 aliphatic heterocycles. The predicted octanol–water partition coefficient (Wildman–Crippen LogP) is 0.772. The zero-order valence-corrected chi connectivity index (χ0v) is 11.5. The average Bonchev–Trinajstić information content (AvgIpc) is 2.30. The highest BCUT2D eigenvalue weighted by Gasteiger charge is 2.02.